The molecule has 0 aliphatic carbocycles. The van der Waals surface area contributed by atoms with Crippen molar-refractivity contribution in [3.8, 4) is 23.0 Å². The minimum absolute atomic E-state index is 0.00933. The summed E-state index contributed by atoms with van der Waals surface area (Å²) in [6.45, 7) is 3.73. The molecule has 5 aromatic carbocycles. The number of aliphatic hydroxyl groups is 1. The van der Waals surface area contributed by atoms with Gasteiger partial charge in [-0.2, -0.15) is 5.01 Å². The van der Waals surface area contributed by atoms with Gasteiger partial charge in [0.25, 0.3) is 17.5 Å². The highest BCUT2D eigenvalue weighted by Crippen LogP contribution is 2.43. The number of unbranched alkanes of at least 4 members (excludes halogenated alkanes) is 11. The summed E-state index contributed by atoms with van der Waals surface area (Å²) < 4.78 is 12.6. The number of phenolic OH excluding ortho intramolecular Hbond substituents is 1. The second-order valence-electron chi connectivity index (χ2n) is 16.6. The number of anilines is 3. The fourth-order valence-electron chi connectivity index (χ4n) is 7.88. The first-order valence-corrected chi connectivity index (χ1v) is 22.3. The lowest BCUT2D eigenvalue weighted by atomic mass is 9.92. The van der Waals surface area contributed by atoms with Gasteiger partial charge in [0.1, 0.15) is 17.2 Å². The maximum Gasteiger partial charge on any atom is 0.350 e. The van der Waals surface area contributed by atoms with Crippen LogP contribution >= 0.6 is 0 Å². The van der Waals surface area contributed by atoms with Crippen molar-refractivity contribution < 1.29 is 39.0 Å². The summed E-state index contributed by atoms with van der Waals surface area (Å²) in [5, 5.41) is 39.7. The zero-order valence-corrected chi connectivity index (χ0v) is 37.0. The van der Waals surface area contributed by atoms with Gasteiger partial charge >= 0.3 is 6.03 Å². The number of nitrogens with zero attached hydrogens (tertiary/aromatic N) is 4. The van der Waals surface area contributed by atoms with E-state index in [-0.39, 0.29) is 40.7 Å². The van der Waals surface area contributed by atoms with Crippen LogP contribution in [0, 0.1) is 15.5 Å². The van der Waals surface area contributed by atoms with E-state index in [1.807, 2.05) is 6.07 Å². The standard InChI is InChI=1S/C50H59N5O9/c1-4-5-6-7-8-9-10-11-12-13-14-22-31-63-43-28-21-20-27-41(43)51-47(58)40-33-45(38-25-18-19-26-39(38)46(40)57)64-44-30-29-37(55(61)62)32-42(44)52(3)49(60)54-48(59)50(2,35-56)34-53(54)36-23-16-15-17-24-36/h15-21,23-30,32-33,56-57H,4-14,22,31,34-35H2,1-3H3,(H,51,58). The molecule has 1 unspecified atom stereocenters. The number of para-hydroxylation sites is 3. The van der Waals surface area contributed by atoms with Gasteiger partial charge in [0.15, 0.2) is 5.75 Å². The first-order valence-electron chi connectivity index (χ1n) is 22.3. The Bertz CT molecular complexity index is 2410. The Morgan fingerprint density at radius 2 is 1.41 bits per heavy atom. The molecule has 1 aliphatic heterocycles. The smallest absolute Gasteiger partial charge is 0.350 e. The summed E-state index contributed by atoms with van der Waals surface area (Å²) in [6.07, 6.45) is 14.7. The van der Waals surface area contributed by atoms with E-state index >= 15 is 0 Å². The molecule has 6 rings (SSSR count). The molecule has 1 aliphatic rings. The number of amides is 4. The molecule has 1 saturated heterocycles. The maximum atomic E-state index is 14.4. The van der Waals surface area contributed by atoms with Crippen molar-refractivity contribution in [1.82, 2.24) is 5.01 Å². The Labute approximate surface area is 374 Å². The van der Waals surface area contributed by atoms with Crippen LogP contribution in [0.1, 0.15) is 101 Å². The maximum absolute atomic E-state index is 14.4. The number of carbonyl (C=O) groups excluding carboxylic acids is 3. The minimum Gasteiger partial charge on any atom is -0.506 e. The summed E-state index contributed by atoms with van der Waals surface area (Å²) in [6, 6.07) is 26.7. The predicted molar refractivity (Wildman–Crippen MR) is 249 cm³/mol. The van der Waals surface area contributed by atoms with Gasteiger partial charge in [-0.15, -0.1) is 0 Å². The summed E-state index contributed by atoms with van der Waals surface area (Å²) in [7, 11) is 1.35. The van der Waals surface area contributed by atoms with Crippen molar-refractivity contribution in [1.29, 1.82) is 0 Å². The normalized spacial score (nSPS) is 14.8. The quantitative estimate of drug-likeness (QED) is 0.0345. The number of hydrogen-bond acceptors (Lipinski definition) is 10. The third-order valence-corrected chi connectivity index (χ3v) is 11.7. The number of fused-ring (bicyclic) bond motifs is 1. The van der Waals surface area contributed by atoms with E-state index in [0.29, 0.717) is 34.5 Å². The monoisotopic (exact) mass is 873 g/mol. The Balaban J connectivity index is 1.20. The number of hydrogen-bond donors (Lipinski definition) is 3. The number of aromatic hydroxyl groups is 1. The zero-order valence-electron chi connectivity index (χ0n) is 37.0. The molecule has 338 valence electrons. The largest absolute Gasteiger partial charge is 0.506 e. The number of phenols is 1. The molecule has 0 spiro atoms. The van der Waals surface area contributed by atoms with E-state index < -0.39 is 34.8 Å². The van der Waals surface area contributed by atoms with E-state index in [1.165, 1.54) is 88.0 Å². The van der Waals surface area contributed by atoms with Gasteiger partial charge in [0.2, 0.25) is 0 Å². The molecule has 0 aromatic heterocycles. The number of aliphatic hydroxyl groups excluding tert-OH is 1. The van der Waals surface area contributed by atoms with Gasteiger partial charge in [-0.05, 0) is 49.7 Å². The number of imide groups is 1. The van der Waals surface area contributed by atoms with Crippen LogP contribution in [0.5, 0.6) is 23.0 Å². The summed E-state index contributed by atoms with van der Waals surface area (Å²) in [5.74, 6) is -1.05. The fourth-order valence-corrected chi connectivity index (χ4v) is 7.88. The number of urea groups is 1. The van der Waals surface area contributed by atoms with Gasteiger partial charge < -0.3 is 25.0 Å². The number of non-ortho nitro benzene ring substituents is 1. The van der Waals surface area contributed by atoms with Crippen molar-refractivity contribution in [2.24, 2.45) is 5.41 Å². The van der Waals surface area contributed by atoms with Crippen LogP contribution in [0.15, 0.2) is 103 Å². The van der Waals surface area contributed by atoms with E-state index in [1.54, 1.807) is 79.7 Å². The van der Waals surface area contributed by atoms with E-state index in [2.05, 4.69) is 12.2 Å². The Hall–Kier alpha value is -6.67. The molecule has 4 amide bonds. The minimum atomic E-state index is -1.32. The molecule has 0 saturated carbocycles. The third kappa shape index (κ3) is 11.1. The molecule has 1 heterocycles. The summed E-state index contributed by atoms with van der Waals surface area (Å²) >= 11 is 0. The lowest BCUT2D eigenvalue weighted by Gasteiger charge is -2.31. The number of nitrogens with one attached hydrogen (secondary N) is 1. The number of rotatable bonds is 22. The molecule has 0 radical (unpaired) electrons. The first kappa shape index (κ1) is 46.8. The third-order valence-electron chi connectivity index (χ3n) is 11.7. The van der Waals surface area contributed by atoms with Gasteiger partial charge in [-0.3, -0.25) is 29.6 Å². The Kier molecular flexibility index (Phi) is 16.2. The highest BCUT2D eigenvalue weighted by molar-refractivity contribution is 6.12. The summed E-state index contributed by atoms with van der Waals surface area (Å²) in [4.78, 5) is 54.7. The van der Waals surface area contributed by atoms with Crippen LogP contribution in [0.25, 0.3) is 10.8 Å². The first-order chi connectivity index (χ1) is 31.0. The van der Waals surface area contributed by atoms with Crippen LogP contribution in [0.4, 0.5) is 27.5 Å². The Morgan fingerprint density at radius 1 is 0.797 bits per heavy atom. The molecule has 14 nitrogen and oxygen atoms in total. The van der Waals surface area contributed by atoms with Crippen molar-refractivity contribution in [3.05, 3.63) is 119 Å². The molecule has 0 bridgehead atoms. The van der Waals surface area contributed by atoms with Gasteiger partial charge in [-0.25, -0.2) is 4.79 Å². The van der Waals surface area contributed by atoms with Crippen LogP contribution < -0.4 is 24.7 Å². The van der Waals surface area contributed by atoms with E-state index in [0.717, 1.165) is 35.2 Å². The fraction of sp³-hybridized carbons (Fsp3) is 0.380. The van der Waals surface area contributed by atoms with Crippen LogP contribution in [0.2, 0.25) is 0 Å². The second kappa shape index (κ2) is 22.1. The van der Waals surface area contributed by atoms with Gasteiger partial charge in [-0.1, -0.05) is 132 Å². The van der Waals surface area contributed by atoms with Crippen molar-refractivity contribution in [2.75, 3.05) is 42.0 Å². The molecule has 1 atom stereocenters. The number of benzene rings is 5. The highest BCUT2D eigenvalue weighted by Gasteiger charge is 2.51. The summed E-state index contributed by atoms with van der Waals surface area (Å²) in [5.41, 5.74) is -0.945. The van der Waals surface area contributed by atoms with Crippen LogP contribution in [-0.4, -0.2) is 64.8 Å². The molecular formula is C50H59N5O9. The molecular weight excluding hydrogens is 815 g/mol. The lowest BCUT2D eigenvalue weighted by Crippen LogP contribution is -2.50. The van der Waals surface area contributed by atoms with Crippen molar-refractivity contribution in [3.63, 3.8) is 0 Å². The molecule has 14 heteroatoms. The molecule has 1 fully saturated rings. The van der Waals surface area contributed by atoms with Crippen LogP contribution in [-0.2, 0) is 4.79 Å². The van der Waals surface area contributed by atoms with Gasteiger partial charge in [0, 0.05) is 30.0 Å². The number of hydrazine groups is 1. The average molecular weight is 874 g/mol. The van der Waals surface area contributed by atoms with Gasteiger partial charge in [0.05, 0.1) is 52.7 Å². The van der Waals surface area contributed by atoms with E-state index in [4.69, 9.17) is 9.47 Å². The molecule has 3 N–H and O–H groups in total. The molecule has 64 heavy (non-hydrogen) atoms. The molecule has 5 aromatic rings. The van der Waals surface area contributed by atoms with Crippen molar-refractivity contribution >= 4 is 51.4 Å². The number of nitro groups is 1. The predicted octanol–water partition coefficient (Wildman–Crippen LogP) is 11.4. The highest BCUT2D eigenvalue weighted by atomic mass is 16.6. The average Bonchev–Trinajstić information content (AvgIpc) is 3.58. The zero-order chi connectivity index (χ0) is 45.6. The number of nitro benzene ring substituents is 1. The van der Waals surface area contributed by atoms with Crippen LogP contribution in [0.3, 0.4) is 0 Å². The topological polar surface area (TPSA) is 175 Å². The lowest BCUT2D eigenvalue weighted by molar-refractivity contribution is -0.384. The Morgan fingerprint density at radius 3 is 2.06 bits per heavy atom. The van der Waals surface area contributed by atoms with E-state index in [9.17, 15) is 34.7 Å². The second-order valence-corrected chi connectivity index (χ2v) is 16.6. The number of ether oxygens (including phenoxy) is 2. The SMILES string of the molecule is CCCCCCCCCCCCCCOc1ccccc1NC(=O)c1cc(Oc2ccc([N+](=O)[O-])cc2N(C)C(=O)N2C(=O)C(C)(CO)CN2c2ccccc2)c2ccccc2c1O. The van der Waals surface area contributed by atoms with Crippen molar-refractivity contribution in [2.45, 2.75) is 90.9 Å². The number of carbonyl (C=O) groups is 3.